The van der Waals surface area contributed by atoms with Crippen molar-refractivity contribution in [2.24, 2.45) is 5.84 Å². The van der Waals surface area contributed by atoms with E-state index in [1.807, 2.05) is 31.2 Å². The molecule has 0 saturated carbocycles. The molecule has 4 N–H and O–H groups in total. The third kappa shape index (κ3) is 5.07. The van der Waals surface area contributed by atoms with Crippen molar-refractivity contribution in [3.63, 3.8) is 0 Å². The molecule has 0 fully saturated rings. The van der Waals surface area contributed by atoms with Gasteiger partial charge in [0.1, 0.15) is 6.04 Å². The molecule has 1 aromatic carbocycles. The lowest BCUT2D eigenvalue weighted by molar-refractivity contribution is -0.144. The Bertz CT molecular complexity index is 444. The fraction of sp³-hybridized carbons (Fsp3) is 0.385. The Morgan fingerprint density at radius 1 is 1.26 bits per heavy atom. The maximum Gasteiger partial charge on any atom is 0.322 e. The summed E-state index contributed by atoms with van der Waals surface area (Å²) >= 11 is 0. The average molecular weight is 266 g/mol. The molecule has 19 heavy (non-hydrogen) atoms. The van der Waals surface area contributed by atoms with Gasteiger partial charge in [-0.05, 0) is 18.9 Å². The minimum Gasteiger partial charge on any atom is -0.481 e. The lowest BCUT2D eigenvalue weighted by Crippen LogP contribution is -2.45. The number of aryl methyl sites for hydroxylation is 1. The molecule has 0 bridgehead atoms. The lowest BCUT2D eigenvalue weighted by atomic mass is 10.1. The quantitative estimate of drug-likeness (QED) is 0.502. The Hall–Kier alpha value is -1.92. The number of nitrogens with two attached hydrogens (primary N) is 1. The van der Waals surface area contributed by atoms with E-state index >= 15 is 0 Å². The molecule has 0 aliphatic carbocycles. The average Bonchev–Trinajstić information content (AvgIpc) is 2.31. The highest BCUT2D eigenvalue weighted by molar-refractivity contribution is 5.75. The van der Waals surface area contributed by atoms with Crippen LogP contribution in [0.2, 0.25) is 0 Å². The first-order chi connectivity index (χ1) is 8.90. The third-order valence-electron chi connectivity index (χ3n) is 2.80. The zero-order valence-electron chi connectivity index (χ0n) is 10.7. The number of rotatable bonds is 7. The summed E-state index contributed by atoms with van der Waals surface area (Å²) in [5.74, 6) is 3.59. The summed E-state index contributed by atoms with van der Waals surface area (Å²) in [6.07, 6.45) is -0.244. The van der Waals surface area contributed by atoms with Crippen molar-refractivity contribution in [2.75, 3.05) is 0 Å². The molecule has 0 aliphatic heterocycles. The highest BCUT2D eigenvalue weighted by Crippen LogP contribution is 2.10. The van der Waals surface area contributed by atoms with Crippen molar-refractivity contribution >= 4 is 11.9 Å². The predicted molar refractivity (Wildman–Crippen MR) is 69.2 cm³/mol. The summed E-state index contributed by atoms with van der Waals surface area (Å²) in [6.45, 7) is 2.22. The summed E-state index contributed by atoms with van der Waals surface area (Å²) in [5, 5.41) is 18.8. The Labute approximate surface area is 111 Å². The molecule has 1 aromatic rings. The van der Waals surface area contributed by atoms with Gasteiger partial charge in [0.25, 0.3) is 0 Å². The molecule has 104 valence electrons. The van der Waals surface area contributed by atoms with Crippen molar-refractivity contribution in [3.8, 4) is 0 Å². The van der Waals surface area contributed by atoms with Crippen LogP contribution in [0.1, 0.15) is 24.0 Å². The van der Waals surface area contributed by atoms with Crippen LogP contribution in [0.3, 0.4) is 0 Å². The zero-order chi connectivity index (χ0) is 14.4. The molecule has 0 aromatic heterocycles. The van der Waals surface area contributed by atoms with E-state index in [-0.39, 0.29) is 19.4 Å². The Kier molecular flexibility index (Phi) is 5.47. The van der Waals surface area contributed by atoms with E-state index in [1.54, 1.807) is 0 Å². The van der Waals surface area contributed by atoms with Crippen molar-refractivity contribution in [1.82, 2.24) is 5.01 Å². The van der Waals surface area contributed by atoms with Crippen LogP contribution in [0.25, 0.3) is 0 Å². The fourth-order valence-corrected chi connectivity index (χ4v) is 1.71. The van der Waals surface area contributed by atoms with E-state index < -0.39 is 18.0 Å². The number of aliphatic carboxylic acids is 2. The number of hydrogen-bond acceptors (Lipinski definition) is 4. The van der Waals surface area contributed by atoms with E-state index in [9.17, 15) is 9.59 Å². The van der Waals surface area contributed by atoms with Crippen LogP contribution >= 0.6 is 0 Å². The molecule has 0 unspecified atom stereocenters. The van der Waals surface area contributed by atoms with Crippen LogP contribution in [0, 0.1) is 6.92 Å². The fourth-order valence-electron chi connectivity index (χ4n) is 1.71. The molecule has 0 spiro atoms. The Morgan fingerprint density at radius 3 is 2.32 bits per heavy atom. The van der Waals surface area contributed by atoms with Crippen molar-refractivity contribution in [3.05, 3.63) is 35.4 Å². The number of carbonyl (C=O) groups is 2. The first kappa shape index (κ1) is 15.1. The van der Waals surface area contributed by atoms with E-state index in [4.69, 9.17) is 16.1 Å². The second kappa shape index (κ2) is 6.86. The summed E-state index contributed by atoms with van der Waals surface area (Å²) in [5.41, 5.74) is 1.99. The molecular formula is C13H18N2O4. The maximum atomic E-state index is 11.1. The number of nitrogens with zero attached hydrogens (tertiary/aromatic N) is 1. The van der Waals surface area contributed by atoms with Crippen LogP contribution in [-0.2, 0) is 16.1 Å². The van der Waals surface area contributed by atoms with Crippen molar-refractivity contribution < 1.29 is 19.8 Å². The summed E-state index contributed by atoms with van der Waals surface area (Å²) in [6, 6.07) is 6.56. The number of hydrogen-bond donors (Lipinski definition) is 3. The van der Waals surface area contributed by atoms with Crippen molar-refractivity contribution in [2.45, 2.75) is 32.4 Å². The van der Waals surface area contributed by atoms with Gasteiger partial charge in [0.2, 0.25) is 0 Å². The SMILES string of the molecule is Cc1ccc(CN(N)[C@@H](CCC(=O)O)C(=O)O)cc1. The molecule has 0 aliphatic rings. The molecule has 0 radical (unpaired) electrons. The Morgan fingerprint density at radius 2 is 1.84 bits per heavy atom. The molecule has 1 atom stereocenters. The zero-order valence-corrected chi connectivity index (χ0v) is 10.7. The van der Waals surface area contributed by atoms with Crippen LogP contribution in [0.4, 0.5) is 0 Å². The predicted octanol–water partition coefficient (Wildman–Crippen LogP) is 0.989. The largest absolute Gasteiger partial charge is 0.481 e. The van der Waals surface area contributed by atoms with Crippen LogP contribution < -0.4 is 5.84 Å². The van der Waals surface area contributed by atoms with Gasteiger partial charge in [0.15, 0.2) is 0 Å². The number of carboxylic acid groups (broad SMARTS) is 2. The van der Waals surface area contributed by atoms with Gasteiger partial charge in [-0.15, -0.1) is 0 Å². The second-order valence-electron chi connectivity index (χ2n) is 4.44. The van der Waals surface area contributed by atoms with E-state index in [0.717, 1.165) is 16.1 Å². The second-order valence-corrected chi connectivity index (χ2v) is 4.44. The van der Waals surface area contributed by atoms with Gasteiger partial charge in [0, 0.05) is 13.0 Å². The van der Waals surface area contributed by atoms with Crippen molar-refractivity contribution in [1.29, 1.82) is 0 Å². The monoisotopic (exact) mass is 266 g/mol. The lowest BCUT2D eigenvalue weighted by Gasteiger charge is -2.23. The standard InChI is InChI=1S/C13H18N2O4/c1-9-2-4-10(5-3-9)8-15(14)11(13(18)19)6-7-12(16)17/h2-5,11H,6-8,14H2,1H3,(H,16,17)(H,18,19)/t11-/m0/s1. The number of hydrazine groups is 1. The van der Waals surface area contributed by atoms with Gasteiger partial charge >= 0.3 is 11.9 Å². The van der Waals surface area contributed by atoms with Gasteiger partial charge in [-0.1, -0.05) is 29.8 Å². The minimum absolute atomic E-state index is 0.0208. The third-order valence-corrected chi connectivity index (χ3v) is 2.80. The summed E-state index contributed by atoms with van der Waals surface area (Å²) in [7, 11) is 0. The highest BCUT2D eigenvalue weighted by atomic mass is 16.4. The highest BCUT2D eigenvalue weighted by Gasteiger charge is 2.24. The smallest absolute Gasteiger partial charge is 0.322 e. The van der Waals surface area contributed by atoms with Gasteiger partial charge in [0.05, 0.1) is 0 Å². The van der Waals surface area contributed by atoms with Crippen LogP contribution in [0.5, 0.6) is 0 Å². The van der Waals surface area contributed by atoms with Gasteiger partial charge < -0.3 is 10.2 Å². The van der Waals surface area contributed by atoms with Gasteiger partial charge in [-0.2, -0.15) is 0 Å². The van der Waals surface area contributed by atoms with Gasteiger partial charge in [-0.3, -0.25) is 15.4 Å². The topological polar surface area (TPSA) is 104 Å². The first-order valence-electron chi connectivity index (χ1n) is 5.91. The number of carboxylic acids is 2. The molecule has 6 nitrogen and oxygen atoms in total. The van der Waals surface area contributed by atoms with E-state index in [0.29, 0.717) is 0 Å². The van der Waals surface area contributed by atoms with Crippen LogP contribution in [0.15, 0.2) is 24.3 Å². The van der Waals surface area contributed by atoms with Crippen LogP contribution in [-0.4, -0.2) is 33.2 Å². The van der Waals surface area contributed by atoms with E-state index in [1.165, 1.54) is 0 Å². The molecule has 1 rings (SSSR count). The molecule has 0 heterocycles. The van der Waals surface area contributed by atoms with E-state index in [2.05, 4.69) is 0 Å². The molecule has 0 amide bonds. The number of benzene rings is 1. The molecule has 6 heteroatoms. The Balaban J connectivity index is 2.66. The van der Waals surface area contributed by atoms with Gasteiger partial charge in [-0.25, -0.2) is 5.01 Å². The first-order valence-corrected chi connectivity index (χ1v) is 5.91. The molecular weight excluding hydrogens is 248 g/mol. The molecule has 0 saturated heterocycles. The summed E-state index contributed by atoms with van der Waals surface area (Å²) in [4.78, 5) is 21.6. The maximum absolute atomic E-state index is 11.1. The normalized spacial score (nSPS) is 12.4. The summed E-state index contributed by atoms with van der Waals surface area (Å²) < 4.78 is 0. The minimum atomic E-state index is -1.11.